The Hall–Kier alpha value is -2.89. The molecule has 1 aromatic carbocycles. The summed E-state index contributed by atoms with van der Waals surface area (Å²) in [6.45, 7) is -0.0172. The predicted molar refractivity (Wildman–Crippen MR) is 87.5 cm³/mol. The molecule has 0 saturated heterocycles. The molecule has 0 heterocycles. The number of hydrogen-bond donors (Lipinski definition) is 4. The van der Waals surface area contributed by atoms with Gasteiger partial charge in [-0.1, -0.05) is 11.8 Å². The number of esters is 1. The third-order valence-corrected chi connectivity index (χ3v) is 3.19. The first-order chi connectivity index (χ1) is 12.0. The zero-order valence-electron chi connectivity index (χ0n) is 13.7. The van der Waals surface area contributed by atoms with Crippen LogP contribution in [0.4, 0.5) is 0 Å². The molecular weight excluding hydrogens is 328 g/mol. The lowest BCUT2D eigenvalue weighted by Gasteiger charge is -2.16. The summed E-state index contributed by atoms with van der Waals surface area (Å²) in [5.74, 6) is 3.74. The molecule has 0 aromatic heterocycles. The number of carbonyl (C=O) groups is 3. The monoisotopic (exact) mass is 348 g/mol. The minimum absolute atomic E-state index is 0.0172. The van der Waals surface area contributed by atoms with Crippen LogP contribution in [-0.4, -0.2) is 47.9 Å². The fraction of sp³-hybridized carbons (Fsp3) is 0.353. The van der Waals surface area contributed by atoms with Crippen LogP contribution in [0, 0.1) is 11.8 Å². The quantitative estimate of drug-likeness (QED) is 0.237. The summed E-state index contributed by atoms with van der Waals surface area (Å²) in [5, 5.41) is 19.6. The lowest BCUT2D eigenvalue weighted by Crippen LogP contribution is -2.42. The number of methoxy groups -OCH3 is 1. The molecule has 2 amide bonds. The maximum Gasteiger partial charge on any atom is 0.328 e. The highest BCUT2D eigenvalue weighted by Gasteiger charge is 2.23. The van der Waals surface area contributed by atoms with Gasteiger partial charge >= 0.3 is 5.97 Å². The first-order valence-corrected chi connectivity index (χ1v) is 7.53. The predicted octanol–water partition coefficient (Wildman–Crippen LogP) is -0.0225. The van der Waals surface area contributed by atoms with Crippen molar-refractivity contribution < 1.29 is 29.4 Å². The van der Waals surface area contributed by atoms with Crippen LogP contribution in [0.2, 0.25) is 0 Å². The summed E-state index contributed by atoms with van der Waals surface area (Å²) in [4.78, 5) is 35.0. The summed E-state index contributed by atoms with van der Waals surface area (Å²) >= 11 is 0. The Labute approximate surface area is 145 Å². The van der Waals surface area contributed by atoms with Crippen molar-refractivity contribution in [1.29, 1.82) is 0 Å². The van der Waals surface area contributed by atoms with Crippen molar-refractivity contribution in [3.63, 3.8) is 0 Å². The Balaban J connectivity index is 2.74. The molecule has 1 rings (SSSR count). The number of aliphatic hydroxyl groups is 1. The number of carbonyl (C=O) groups excluding carboxylic acids is 3. The molecule has 4 N–H and O–H groups in total. The van der Waals surface area contributed by atoms with Gasteiger partial charge in [0, 0.05) is 24.0 Å². The van der Waals surface area contributed by atoms with Crippen molar-refractivity contribution in [2.24, 2.45) is 0 Å². The molecule has 8 nitrogen and oxygen atoms in total. The third kappa shape index (κ3) is 7.03. The second-order valence-corrected chi connectivity index (χ2v) is 4.98. The van der Waals surface area contributed by atoms with E-state index >= 15 is 0 Å². The molecule has 0 radical (unpaired) electrons. The van der Waals surface area contributed by atoms with E-state index in [1.165, 1.54) is 12.6 Å². The van der Waals surface area contributed by atoms with E-state index in [2.05, 4.69) is 21.9 Å². The number of hydrogen-bond acceptors (Lipinski definition) is 6. The molecule has 1 aromatic rings. The molecule has 0 fully saturated rings. The van der Waals surface area contributed by atoms with Crippen LogP contribution in [0.15, 0.2) is 24.3 Å². The average Bonchev–Trinajstić information content (AvgIpc) is 2.64. The number of benzene rings is 1. The fourth-order valence-corrected chi connectivity index (χ4v) is 1.89. The van der Waals surface area contributed by atoms with Gasteiger partial charge in [0.15, 0.2) is 0 Å². The van der Waals surface area contributed by atoms with Crippen molar-refractivity contribution in [2.45, 2.75) is 25.3 Å². The Morgan fingerprint density at radius 1 is 1.24 bits per heavy atom. The zero-order chi connectivity index (χ0) is 18.7. The normalized spacial score (nSPS) is 10.8. The van der Waals surface area contributed by atoms with Gasteiger partial charge in [0.25, 0.3) is 5.91 Å². The van der Waals surface area contributed by atoms with Crippen LogP contribution in [-0.2, 0) is 14.3 Å². The van der Waals surface area contributed by atoms with E-state index in [1.807, 2.05) is 0 Å². The lowest BCUT2D eigenvalue weighted by molar-refractivity contribution is -0.143. The zero-order valence-corrected chi connectivity index (χ0v) is 13.7. The van der Waals surface area contributed by atoms with E-state index in [0.29, 0.717) is 17.5 Å². The Bertz CT molecular complexity index is 660. The van der Waals surface area contributed by atoms with Gasteiger partial charge in [0.2, 0.25) is 5.91 Å². The van der Waals surface area contributed by atoms with Gasteiger partial charge < -0.3 is 15.2 Å². The summed E-state index contributed by atoms with van der Waals surface area (Å²) < 4.78 is 4.60. The van der Waals surface area contributed by atoms with Gasteiger partial charge in [-0.05, 0) is 30.7 Å². The van der Waals surface area contributed by atoms with E-state index in [4.69, 9.17) is 10.3 Å². The first-order valence-electron chi connectivity index (χ1n) is 7.53. The van der Waals surface area contributed by atoms with Crippen LogP contribution < -0.4 is 10.8 Å². The van der Waals surface area contributed by atoms with E-state index in [9.17, 15) is 14.4 Å². The summed E-state index contributed by atoms with van der Waals surface area (Å²) in [5.41, 5.74) is 2.46. The minimum atomic E-state index is -1.01. The molecule has 1 unspecified atom stereocenters. The average molecular weight is 348 g/mol. The largest absolute Gasteiger partial charge is 0.467 e. The molecule has 134 valence electrons. The molecule has 0 saturated carbocycles. The molecule has 1 atom stereocenters. The Morgan fingerprint density at radius 3 is 2.48 bits per heavy atom. The molecule has 0 aliphatic carbocycles. The second kappa shape index (κ2) is 10.8. The second-order valence-electron chi connectivity index (χ2n) is 4.98. The third-order valence-electron chi connectivity index (χ3n) is 3.19. The molecule has 0 aliphatic heterocycles. The number of aliphatic hydroxyl groups excluding tert-OH is 1. The van der Waals surface area contributed by atoms with Crippen LogP contribution in [0.25, 0.3) is 0 Å². The highest BCUT2D eigenvalue weighted by atomic mass is 16.5. The molecule has 8 heteroatoms. The van der Waals surface area contributed by atoms with Crippen molar-refractivity contribution >= 4 is 17.8 Å². The maximum absolute atomic E-state index is 12.2. The Morgan fingerprint density at radius 2 is 1.92 bits per heavy atom. The van der Waals surface area contributed by atoms with Gasteiger partial charge in [-0.3, -0.25) is 14.8 Å². The van der Waals surface area contributed by atoms with Gasteiger partial charge in [-0.2, -0.15) is 0 Å². The fourth-order valence-electron chi connectivity index (χ4n) is 1.89. The minimum Gasteiger partial charge on any atom is -0.467 e. The standard InChI is InChI=1S/C17H20N2O6/c1-25-17(23)14(9-10-15(21)19-24)18-16(22)13-7-5-12(6-8-13)4-2-3-11-20/h5-8,14,20,24H,3,9-11H2,1H3,(H,18,22)(H,19,21). The number of hydroxylamine groups is 1. The molecule has 0 bridgehead atoms. The number of amides is 2. The van der Waals surface area contributed by atoms with E-state index in [-0.39, 0.29) is 19.4 Å². The summed E-state index contributed by atoms with van der Waals surface area (Å²) in [6.07, 6.45) is 0.190. The lowest BCUT2D eigenvalue weighted by atomic mass is 10.1. The van der Waals surface area contributed by atoms with Gasteiger partial charge in [-0.25, -0.2) is 10.3 Å². The topological polar surface area (TPSA) is 125 Å². The number of ether oxygens (including phenoxy) is 1. The first kappa shape index (κ1) is 20.2. The van der Waals surface area contributed by atoms with Crippen LogP contribution in [0.3, 0.4) is 0 Å². The van der Waals surface area contributed by atoms with Crippen molar-refractivity contribution in [2.75, 3.05) is 13.7 Å². The van der Waals surface area contributed by atoms with Crippen LogP contribution >= 0.6 is 0 Å². The van der Waals surface area contributed by atoms with Crippen molar-refractivity contribution in [3.8, 4) is 11.8 Å². The highest BCUT2D eigenvalue weighted by Crippen LogP contribution is 2.06. The highest BCUT2D eigenvalue weighted by molar-refractivity contribution is 5.97. The van der Waals surface area contributed by atoms with Gasteiger partial charge in [-0.15, -0.1) is 0 Å². The summed E-state index contributed by atoms with van der Waals surface area (Å²) in [6, 6.07) is 5.37. The van der Waals surface area contributed by atoms with E-state index in [1.54, 1.807) is 24.3 Å². The van der Waals surface area contributed by atoms with Crippen molar-refractivity contribution in [3.05, 3.63) is 35.4 Å². The maximum atomic E-state index is 12.2. The smallest absolute Gasteiger partial charge is 0.328 e. The van der Waals surface area contributed by atoms with Gasteiger partial charge in [0.05, 0.1) is 13.7 Å². The van der Waals surface area contributed by atoms with Crippen LogP contribution in [0.5, 0.6) is 0 Å². The van der Waals surface area contributed by atoms with E-state index in [0.717, 1.165) is 0 Å². The molecular formula is C17H20N2O6. The van der Waals surface area contributed by atoms with E-state index < -0.39 is 23.8 Å². The molecule has 0 aliphatic rings. The molecule has 25 heavy (non-hydrogen) atoms. The number of nitrogens with one attached hydrogen (secondary N) is 2. The van der Waals surface area contributed by atoms with Crippen molar-refractivity contribution in [1.82, 2.24) is 10.8 Å². The summed E-state index contributed by atoms with van der Waals surface area (Å²) in [7, 11) is 1.17. The number of rotatable bonds is 7. The van der Waals surface area contributed by atoms with Crippen LogP contribution in [0.1, 0.15) is 35.2 Å². The van der Waals surface area contributed by atoms with Gasteiger partial charge in [0.1, 0.15) is 6.04 Å². The Kier molecular flexibility index (Phi) is 8.71. The SMILES string of the molecule is COC(=O)C(CCC(=O)NO)NC(=O)c1ccc(C#CCCO)cc1. The molecule has 0 spiro atoms.